The lowest BCUT2D eigenvalue weighted by molar-refractivity contribution is -0.132. The number of hydrogen-bond donors (Lipinski definition) is 3. The number of carbonyl (C=O) groups is 3. The number of carbonyl (C=O) groups excluding carboxylic acids is 3. The van der Waals surface area contributed by atoms with Crippen molar-refractivity contribution in [3.63, 3.8) is 0 Å². The fourth-order valence-corrected chi connectivity index (χ4v) is 4.24. The summed E-state index contributed by atoms with van der Waals surface area (Å²) in [6.45, 7) is 1.76. The zero-order chi connectivity index (χ0) is 19.2. The first-order valence-electron chi connectivity index (χ1n) is 8.90. The maximum absolute atomic E-state index is 13.1. The van der Waals surface area contributed by atoms with E-state index in [0.717, 1.165) is 0 Å². The Labute approximate surface area is 156 Å². The van der Waals surface area contributed by atoms with E-state index in [1.807, 2.05) is 12.2 Å². The number of nitrogens with zero attached hydrogens (tertiary/aromatic N) is 1. The van der Waals surface area contributed by atoms with Gasteiger partial charge >= 0.3 is 0 Å². The summed E-state index contributed by atoms with van der Waals surface area (Å²) in [6, 6.07) is 6.99. The van der Waals surface area contributed by atoms with Crippen LogP contribution in [0.3, 0.4) is 0 Å². The van der Waals surface area contributed by atoms with E-state index >= 15 is 0 Å². The van der Waals surface area contributed by atoms with Gasteiger partial charge in [-0.25, -0.2) is 0 Å². The summed E-state index contributed by atoms with van der Waals surface area (Å²) in [7, 11) is 0. The number of rotatable bonds is 5. The fraction of sp³-hybridized carbons (Fsp3) is 0.421. The van der Waals surface area contributed by atoms with E-state index in [4.69, 9.17) is 9.84 Å². The Balaban J connectivity index is 1.57. The van der Waals surface area contributed by atoms with E-state index in [0.29, 0.717) is 17.9 Å². The van der Waals surface area contributed by atoms with Crippen LogP contribution in [0, 0.1) is 11.8 Å². The molecule has 4 rings (SSSR count). The summed E-state index contributed by atoms with van der Waals surface area (Å²) in [5.41, 5.74) is 0.543. The molecule has 27 heavy (non-hydrogen) atoms. The van der Waals surface area contributed by atoms with Crippen molar-refractivity contribution in [3.05, 3.63) is 36.4 Å². The van der Waals surface area contributed by atoms with Crippen molar-refractivity contribution in [2.24, 2.45) is 11.8 Å². The van der Waals surface area contributed by atoms with Crippen LogP contribution < -0.4 is 15.5 Å². The van der Waals surface area contributed by atoms with Gasteiger partial charge in [0.25, 0.3) is 0 Å². The second-order valence-corrected chi connectivity index (χ2v) is 7.07. The number of anilines is 2. The molecule has 4 atom stereocenters. The van der Waals surface area contributed by atoms with Crippen molar-refractivity contribution in [2.75, 3.05) is 29.9 Å². The van der Waals surface area contributed by atoms with Crippen LogP contribution in [0.2, 0.25) is 0 Å². The summed E-state index contributed by atoms with van der Waals surface area (Å²) in [5.74, 6) is -1.78. The minimum Gasteiger partial charge on any atom is -0.395 e. The lowest BCUT2D eigenvalue weighted by Gasteiger charge is -2.23. The van der Waals surface area contributed by atoms with Crippen LogP contribution in [-0.2, 0) is 19.1 Å². The number of nitrogens with one attached hydrogen (secondary N) is 2. The summed E-state index contributed by atoms with van der Waals surface area (Å²) >= 11 is 0. The molecule has 1 spiro atoms. The fourth-order valence-electron chi connectivity index (χ4n) is 4.24. The zero-order valence-electron chi connectivity index (χ0n) is 14.8. The number of amides is 3. The minimum atomic E-state index is -0.792. The molecule has 1 aromatic carbocycles. The van der Waals surface area contributed by atoms with E-state index < -0.39 is 23.5 Å². The highest BCUT2D eigenvalue weighted by molar-refractivity contribution is 6.03. The van der Waals surface area contributed by atoms with Crippen molar-refractivity contribution < 1.29 is 24.2 Å². The van der Waals surface area contributed by atoms with E-state index in [-0.39, 0.29) is 30.9 Å². The molecule has 142 valence electrons. The highest BCUT2D eigenvalue weighted by Crippen LogP contribution is 2.52. The Bertz CT molecular complexity index is 821. The van der Waals surface area contributed by atoms with Crippen molar-refractivity contribution in [1.82, 2.24) is 5.32 Å². The maximum atomic E-state index is 13.1. The van der Waals surface area contributed by atoms with E-state index in [1.165, 1.54) is 6.92 Å². The first-order valence-corrected chi connectivity index (χ1v) is 8.90. The normalized spacial score (nSPS) is 30.5. The molecule has 3 aliphatic rings. The number of fused-ring (bicyclic) bond motifs is 1. The topological polar surface area (TPSA) is 108 Å². The summed E-state index contributed by atoms with van der Waals surface area (Å²) in [5, 5.41) is 14.3. The molecule has 1 aromatic rings. The summed E-state index contributed by atoms with van der Waals surface area (Å²) in [6.07, 6.45) is 3.32. The van der Waals surface area contributed by atoms with Crippen molar-refractivity contribution in [3.8, 4) is 0 Å². The molecule has 3 N–H and O–H groups in total. The van der Waals surface area contributed by atoms with Crippen LogP contribution in [0.25, 0.3) is 0 Å². The Hall–Kier alpha value is -2.71. The van der Waals surface area contributed by atoms with Crippen molar-refractivity contribution >= 4 is 29.1 Å². The van der Waals surface area contributed by atoms with Gasteiger partial charge in [-0.15, -0.1) is 0 Å². The third kappa shape index (κ3) is 2.81. The summed E-state index contributed by atoms with van der Waals surface area (Å²) < 4.78 is 6.04. The van der Waals surface area contributed by atoms with Gasteiger partial charge in [0.15, 0.2) is 0 Å². The third-order valence-electron chi connectivity index (χ3n) is 5.31. The molecule has 0 unspecified atom stereocenters. The molecule has 8 heteroatoms. The lowest BCUT2D eigenvalue weighted by Crippen LogP contribution is -2.44. The largest absolute Gasteiger partial charge is 0.395 e. The van der Waals surface area contributed by atoms with E-state index in [1.54, 1.807) is 29.2 Å². The van der Waals surface area contributed by atoms with Gasteiger partial charge in [0, 0.05) is 24.8 Å². The Morgan fingerprint density at radius 2 is 2.07 bits per heavy atom. The Kier molecular flexibility index (Phi) is 4.24. The second-order valence-electron chi connectivity index (χ2n) is 7.07. The summed E-state index contributed by atoms with van der Waals surface area (Å²) in [4.78, 5) is 38.4. The molecular formula is C19H21N3O5. The Morgan fingerprint density at radius 1 is 1.33 bits per heavy atom. The molecule has 2 saturated heterocycles. The van der Waals surface area contributed by atoms with Crippen LogP contribution >= 0.6 is 0 Å². The molecule has 2 bridgehead atoms. The average molecular weight is 371 g/mol. The average Bonchev–Trinajstić information content (AvgIpc) is 3.28. The monoisotopic (exact) mass is 371 g/mol. The molecule has 3 heterocycles. The van der Waals surface area contributed by atoms with Gasteiger partial charge in [-0.1, -0.05) is 12.2 Å². The SMILES string of the molecule is CC(=O)Nc1ccc(N2C[C@@]34C=C[C@@H](O3)[C@@H](C(=O)NCCO)[C@@H]4C2=O)cc1. The maximum Gasteiger partial charge on any atom is 0.234 e. The van der Waals surface area contributed by atoms with Crippen LogP contribution in [0.5, 0.6) is 0 Å². The first kappa shape index (κ1) is 17.7. The molecule has 0 aliphatic carbocycles. The number of ether oxygens (including phenoxy) is 1. The number of aliphatic hydroxyl groups is 1. The lowest BCUT2D eigenvalue weighted by atomic mass is 9.77. The number of benzene rings is 1. The van der Waals surface area contributed by atoms with E-state index in [2.05, 4.69) is 10.6 Å². The van der Waals surface area contributed by atoms with Gasteiger partial charge in [0.1, 0.15) is 5.60 Å². The smallest absolute Gasteiger partial charge is 0.234 e. The van der Waals surface area contributed by atoms with Gasteiger partial charge in [-0.05, 0) is 24.3 Å². The second kappa shape index (κ2) is 6.47. The molecule has 8 nitrogen and oxygen atoms in total. The highest BCUT2D eigenvalue weighted by atomic mass is 16.5. The molecule has 2 fully saturated rings. The molecule has 3 aliphatic heterocycles. The molecule has 3 amide bonds. The van der Waals surface area contributed by atoms with Crippen LogP contribution in [0.15, 0.2) is 36.4 Å². The van der Waals surface area contributed by atoms with E-state index in [9.17, 15) is 14.4 Å². The van der Waals surface area contributed by atoms with Gasteiger partial charge in [0.05, 0.1) is 31.1 Å². The first-order chi connectivity index (χ1) is 12.9. The molecule has 0 radical (unpaired) electrons. The number of hydrogen-bond acceptors (Lipinski definition) is 5. The van der Waals surface area contributed by atoms with Gasteiger partial charge < -0.3 is 25.4 Å². The van der Waals surface area contributed by atoms with Crippen molar-refractivity contribution in [1.29, 1.82) is 0 Å². The van der Waals surface area contributed by atoms with Crippen molar-refractivity contribution in [2.45, 2.75) is 18.6 Å². The van der Waals surface area contributed by atoms with Gasteiger partial charge in [-0.3, -0.25) is 14.4 Å². The van der Waals surface area contributed by atoms with Crippen LogP contribution in [0.1, 0.15) is 6.92 Å². The standard InChI is InChI=1S/C19H21N3O5/c1-11(24)21-12-2-4-13(5-3-12)22-10-19-7-6-14(27-19)15(16(19)18(22)26)17(25)20-8-9-23/h2-7,14-16,23H,8-10H2,1H3,(H,20,25)(H,21,24)/t14-,15-,16-,19-/m1/s1. The number of aliphatic hydroxyl groups excluding tert-OH is 1. The predicted molar refractivity (Wildman–Crippen MR) is 96.9 cm³/mol. The van der Waals surface area contributed by atoms with Crippen LogP contribution in [0.4, 0.5) is 11.4 Å². The predicted octanol–water partition coefficient (Wildman–Crippen LogP) is 0.0399. The van der Waals surface area contributed by atoms with Gasteiger partial charge in [0.2, 0.25) is 17.7 Å². The minimum absolute atomic E-state index is 0.147. The van der Waals surface area contributed by atoms with Gasteiger partial charge in [-0.2, -0.15) is 0 Å². The quantitative estimate of drug-likeness (QED) is 0.634. The molecule has 0 saturated carbocycles. The third-order valence-corrected chi connectivity index (χ3v) is 5.31. The van der Waals surface area contributed by atoms with Crippen LogP contribution in [-0.4, -0.2) is 54.2 Å². The molecular weight excluding hydrogens is 350 g/mol. The molecule has 0 aromatic heterocycles. The highest BCUT2D eigenvalue weighted by Gasteiger charge is 2.66. The zero-order valence-corrected chi connectivity index (χ0v) is 14.8. The Morgan fingerprint density at radius 3 is 2.74 bits per heavy atom.